The summed E-state index contributed by atoms with van der Waals surface area (Å²) in [6, 6.07) is 26.2. The van der Waals surface area contributed by atoms with Gasteiger partial charge in [0.25, 0.3) is 0 Å². The molecule has 1 unspecified atom stereocenters. The van der Waals surface area contributed by atoms with Gasteiger partial charge < -0.3 is 9.47 Å². The lowest BCUT2D eigenvalue weighted by molar-refractivity contribution is 0.626. The van der Waals surface area contributed by atoms with Crippen molar-refractivity contribution >= 4 is 16.6 Å². The van der Waals surface area contributed by atoms with E-state index < -0.39 is 5.41 Å². The van der Waals surface area contributed by atoms with Crippen molar-refractivity contribution in [2.45, 2.75) is 32.6 Å². The van der Waals surface area contributed by atoms with Crippen LogP contribution in [-0.2, 0) is 18.9 Å². The molecule has 1 atom stereocenters. The molecule has 6 heteroatoms. The number of pyridine rings is 1. The van der Waals surface area contributed by atoms with Gasteiger partial charge in [0.2, 0.25) is 0 Å². The van der Waals surface area contributed by atoms with Crippen LogP contribution in [0.5, 0.6) is 0 Å². The molecule has 0 aliphatic rings. The molecule has 6 aromatic rings. The summed E-state index contributed by atoms with van der Waals surface area (Å²) in [5, 5.41) is 5.54. The van der Waals surface area contributed by atoms with E-state index in [9.17, 15) is 0 Å². The summed E-state index contributed by atoms with van der Waals surface area (Å²) in [5.74, 6) is 0. The van der Waals surface area contributed by atoms with Crippen LogP contribution in [0.1, 0.15) is 46.1 Å². The van der Waals surface area contributed by atoms with Gasteiger partial charge in [0.15, 0.2) is 0 Å². The number of fused-ring (bicyclic) bond motifs is 1. The highest BCUT2D eigenvalue weighted by molar-refractivity contribution is 5.85. The van der Waals surface area contributed by atoms with Gasteiger partial charge in [-0.2, -0.15) is 5.10 Å². The fourth-order valence-corrected chi connectivity index (χ4v) is 5.97. The minimum absolute atomic E-state index is 0.399. The highest BCUT2D eigenvalue weighted by atomic mass is 15.3. The lowest BCUT2D eigenvalue weighted by Crippen LogP contribution is -2.28. The van der Waals surface area contributed by atoms with E-state index in [0.29, 0.717) is 0 Å². The average molecular weight is 541 g/mol. The molecule has 0 bridgehead atoms. The molecule has 3 aromatic carbocycles. The summed E-state index contributed by atoms with van der Waals surface area (Å²) >= 11 is 0. The van der Waals surface area contributed by atoms with E-state index in [4.69, 9.17) is 4.98 Å². The van der Waals surface area contributed by atoms with Crippen molar-refractivity contribution in [3.63, 3.8) is 0 Å². The maximum atomic E-state index is 5.06. The summed E-state index contributed by atoms with van der Waals surface area (Å²) < 4.78 is 4.01. The summed E-state index contributed by atoms with van der Waals surface area (Å²) in [4.78, 5) is 11.7. The molecule has 6 nitrogen and oxygen atoms in total. The first kappa shape index (κ1) is 26.5. The maximum Gasteiger partial charge on any atom is 0.0945 e. The lowest BCUT2D eigenvalue weighted by atomic mass is 9.73. The second kappa shape index (κ2) is 10.4. The zero-order valence-corrected chi connectivity index (χ0v) is 24.6. The number of hydrogen-bond donors (Lipinski definition) is 0. The molecule has 0 spiro atoms. The molecule has 0 aliphatic carbocycles. The molecular weight excluding hydrogens is 504 g/mol. The largest absolute Gasteiger partial charge is 0.378 e. The van der Waals surface area contributed by atoms with Crippen LogP contribution in [0.15, 0.2) is 97.7 Å². The molecule has 3 heterocycles. The van der Waals surface area contributed by atoms with E-state index in [1.54, 1.807) is 6.20 Å². The molecule has 3 aromatic heterocycles. The molecule has 0 saturated carbocycles. The van der Waals surface area contributed by atoms with Crippen molar-refractivity contribution in [3.8, 4) is 5.69 Å². The van der Waals surface area contributed by atoms with Crippen molar-refractivity contribution in [2.24, 2.45) is 7.05 Å². The Labute approximate surface area is 241 Å². The van der Waals surface area contributed by atoms with Gasteiger partial charge in [0.1, 0.15) is 0 Å². The molecule has 0 radical (unpaired) electrons. The number of anilines is 1. The number of benzene rings is 3. The minimum atomic E-state index is -0.399. The third-order valence-electron chi connectivity index (χ3n) is 8.53. The predicted molar refractivity (Wildman–Crippen MR) is 167 cm³/mol. The second-order valence-corrected chi connectivity index (χ2v) is 11.3. The van der Waals surface area contributed by atoms with Gasteiger partial charge in [-0.3, -0.25) is 4.98 Å². The van der Waals surface area contributed by atoms with Gasteiger partial charge in [-0.15, -0.1) is 0 Å². The standard InChI is InChI=1S/C35H36N6/c1-24-31(20-26-8-13-30(14-9-26)41-19-7-18-37-41)25(2)38-33-17-12-28(21-32(24)33)35(3,34-22-36-23-40(34)6)27-10-15-29(16-11-27)39(4)5/h7-19,21-23H,20H2,1-6H3. The summed E-state index contributed by atoms with van der Waals surface area (Å²) in [5.41, 5.74) is 11.3. The molecule has 206 valence electrons. The highest BCUT2D eigenvalue weighted by Gasteiger charge is 2.34. The normalized spacial score (nSPS) is 12.9. The van der Waals surface area contributed by atoms with E-state index in [0.717, 1.165) is 29.0 Å². The van der Waals surface area contributed by atoms with Gasteiger partial charge in [-0.05, 0) is 97.5 Å². The topological polar surface area (TPSA) is 51.8 Å². The van der Waals surface area contributed by atoms with Crippen molar-refractivity contribution < 1.29 is 0 Å². The quantitative estimate of drug-likeness (QED) is 0.224. The zero-order chi connectivity index (χ0) is 28.7. The first-order valence-corrected chi connectivity index (χ1v) is 14.0. The first-order valence-electron chi connectivity index (χ1n) is 14.0. The molecule has 0 N–H and O–H groups in total. The predicted octanol–water partition coefficient (Wildman–Crippen LogP) is 6.78. The van der Waals surface area contributed by atoms with Crippen LogP contribution >= 0.6 is 0 Å². The monoisotopic (exact) mass is 540 g/mol. The minimum Gasteiger partial charge on any atom is -0.378 e. The average Bonchev–Trinajstić information content (AvgIpc) is 3.68. The Kier molecular flexibility index (Phi) is 6.70. The summed E-state index contributed by atoms with van der Waals surface area (Å²) in [6.45, 7) is 6.66. The lowest BCUT2D eigenvalue weighted by Gasteiger charge is -2.32. The smallest absolute Gasteiger partial charge is 0.0945 e. The SMILES string of the molecule is Cc1nc2ccc(C(C)(c3ccc(N(C)C)cc3)c3cncn3C)cc2c(C)c1Cc1ccc(-n2cccn2)cc1. The van der Waals surface area contributed by atoms with Crippen molar-refractivity contribution in [2.75, 3.05) is 19.0 Å². The Morgan fingerprint density at radius 3 is 2.27 bits per heavy atom. The Hall–Kier alpha value is -4.71. The van der Waals surface area contributed by atoms with Crippen LogP contribution in [0.3, 0.4) is 0 Å². The van der Waals surface area contributed by atoms with Crippen LogP contribution in [0.2, 0.25) is 0 Å². The number of rotatable bonds is 7. The fraction of sp³-hybridized carbons (Fsp3) is 0.229. The molecule has 0 fully saturated rings. The Balaban J connectivity index is 1.44. The molecular formula is C35H36N6. The van der Waals surface area contributed by atoms with Crippen LogP contribution in [0.25, 0.3) is 16.6 Å². The molecule has 41 heavy (non-hydrogen) atoms. The van der Waals surface area contributed by atoms with Gasteiger partial charge in [0.05, 0.1) is 28.6 Å². The van der Waals surface area contributed by atoms with E-state index in [-0.39, 0.29) is 0 Å². The van der Waals surface area contributed by atoms with Gasteiger partial charge in [-0.25, -0.2) is 9.67 Å². The van der Waals surface area contributed by atoms with Crippen molar-refractivity contribution in [1.82, 2.24) is 24.3 Å². The van der Waals surface area contributed by atoms with Crippen LogP contribution in [-0.4, -0.2) is 38.4 Å². The summed E-state index contributed by atoms with van der Waals surface area (Å²) in [6.07, 6.45) is 8.46. The molecule has 0 aliphatic heterocycles. The second-order valence-electron chi connectivity index (χ2n) is 11.3. The van der Waals surface area contributed by atoms with Crippen LogP contribution in [0, 0.1) is 13.8 Å². The number of nitrogens with zero attached hydrogens (tertiary/aromatic N) is 6. The van der Waals surface area contributed by atoms with E-state index in [2.05, 4.69) is 128 Å². The Bertz CT molecular complexity index is 1810. The first-order chi connectivity index (χ1) is 19.8. The van der Waals surface area contributed by atoms with Gasteiger partial charge >= 0.3 is 0 Å². The zero-order valence-electron chi connectivity index (χ0n) is 24.6. The van der Waals surface area contributed by atoms with Gasteiger partial charge in [-0.1, -0.05) is 30.3 Å². The van der Waals surface area contributed by atoms with E-state index >= 15 is 0 Å². The highest BCUT2D eigenvalue weighted by Crippen LogP contribution is 2.40. The van der Waals surface area contributed by atoms with Crippen LogP contribution < -0.4 is 4.90 Å². The van der Waals surface area contributed by atoms with Crippen molar-refractivity contribution in [1.29, 1.82) is 0 Å². The maximum absolute atomic E-state index is 5.06. The van der Waals surface area contributed by atoms with Gasteiger partial charge in [0, 0.05) is 56.5 Å². The Morgan fingerprint density at radius 1 is 0.902 bits per heavy atom. The fourth-order valence-electron chi connectivity index (χ4n) is 5.97. The van der Waals surface area contributed by atoms with E-state index in [1.807, 2.05) is 29.5 Å². The third kappa shape index (κ3) is 4.69. The molecule has 0 amide bonds. The summed E-state index contributed by atoms with van der Waals surface area (Å²) in [7, 11) is 6.21. The van der Waals surface area contributed by atoms with Crippen LogP contribution in [0.4, 0.5) is 5.69 Å². The van der Waals surface area contributed by atoms with Crippen molar-refractivity contribution in [3.05, 3.63) is 137 Å². The third-order valence-corrected chi connectivity index (χ3v) is 8.53. The Morgan fingerprint density at radius 2 is 1.63 bits per heavy atom. The number of hydrogen-bond acceptors (Lipinski definition) is 4. The molecule has 6 rings (SSSR count). The number of imidazole rings is 1. The number of aryl methyl sites for hydroxylation is 3. The van der Waals surface area contributed by atoms with E-state index in [1.165, 1.54) is 38.9 Å². The number of aromatic nitrogens is 5. The molecule has 0 saturated heterocycles.